The minimum Gasteiger partial charge on any atom is -0.383 e. The van der Waals surface area contributed by atoms with Gasteiger partial charge >= 0.3 is 6.18 Å². The monoisotopic (exact) mass is 551 g/mol. The second-order valence-electron chi connectivity index (χ2n) is 10.3. The third-order valence-corrected chi connectivity index (χ3v) is 7.57. The number of carbonyl (C=O) groups excluding carboxylic acids is 2. The number of nitrogen functional groups attached to an aromatic ring is 1. The number of aromatic nitrogens is 2. The van der Waals surface area contributed by atoms with Crippen LogP contribution in [-0.4, -0.2) is 51.5 Å². The third-order valence-electron chi connectivity index (χ3n) is 7.57. The van der Waals surface area contributed by atoms with E-state index >= 15 is 0 Å². The number of anilines is 3. The van der Waals surface area contributed by atoms with Crippen LogP contribution in [0, 0.1) is 10.8 Å². The molecule has 1 saturated heterocycles. The molecular weight excluding hydrogens is 523 g/mol. The first kappa shape index (κ1) is 27.1. The van der Waals surface area contributed by atoms with Crippen LogP contribution in [0.25, 0.3) is 0 Å². The summed E-state index contributed by atoms with van der Waals surface area (Å²) in [4.78, 5) is 34.4. The molecule has 2 aliphatic rings. The van der Waals surface area contributed by atoms with Crippen molar-refractivity contribution in [3.05, 3.63) is 77.1 Å². The summed E-state index contributed by atoms with van der Waals surface area (Å²) in [5.74, 6) is -0.614. The summed E-state index contributed by atoms with van der Waals surface area (Å²) in [6, 6.07) is 9.57. The fourth-order valence-electron chi connectivity index (χ4n) is 5.28. The molecule has 2 aromatic heterocycles. The predicted molar refractivity (Wildman–Crippen MR) is 144 cm³/mol. The maximum absolute atomic E-state index is 13.0. The quantitative estimate of drug-likeness (QED) is 0.332. The molecule has 3 heterocycles. The summed E-state index contributed by atoms with van der Waals surface area (Å²) < 4.78 is 38.9. The van der Waals surface area contributed by atoms with Gasteiger partial charge < -0.3 is 21.3 Å². The summed E-state index contributed by atoms with van der Waals surface area (Å²) >= 11 is 0. The minimum absolute atomic E-state index is 0.00486. The average Bonchev–Trinajstić information content (AvgIpc) is 3.57. The Hall–Kier alpha value is -4.48. The van der Waals surface area contributed by atoms with Crippen molar-refractivity contribution in [2.24, 2.45) is 5.41 Å². The summed E-state index contributed by atoms with van der Waals surface area (Å²) in [6.45, 7) is 3.06. The first-order valence-electron chi connectivity index (χ1n) is 12.8. The number of piperidine rings is 1. The Balaban J connectivity index is 1.30. The molecule has 3 aromatic rings. The van der Waals surface area contributed by atoms with Crippen molar-refractivity contribution in [2.45, 2.75) is 38.4 Å². The van der Waals surface area contributed by atoms with Gasteiger partial charge in [0.1, 0.15) is 11.6 Å². The Bertz CT molecular complexity index is 1480. The zero-order valence-corrected chi connectivity index (χ0v) is 21.7. The van der Waals surface area contributed by atoms with Crippen LogP contribution in [0.3, 0.4) is 0 Å². The number of benzene rings is 1. The number of pyridine rings is 2. The van der Waals surface area contributed by atoms with E-state index in [2.05, 4.69) is 20.6 Å². The molecule has 9 nitrogen and oxygen atoms in total. The molecule has 1 aliphatic carbocycles. The Kier molecular flexibility index (Phi) is 6.94. The molecule has 5 N–H and O–H groups in total. The molecule has 208 valence electrons. The van der Waals surface area contributed by atoms with Crippen LogP contribution >= 0.6 is 0 Å². The molecule has 1 unspecified atom stereocenters. The normalized spacial score (nSPS) is 20.2. The van der Waals surface area contributed by atoms with Gasteiger partial charge in [0, 0.05) is 60.7 Å². The summed E-state index contributed by atoms with van der Waals surface area (Å²) in [7, 11) is 0. The van der Waals surface area contributed by atoms with Gasteiger partial charge in [-0.05, 0) is 49.6 Å². The number of hydrogen-bond donors (Lipinski definition) is 4. The number of nitrogens with two attached hydrogens (primary N) is 1. The van der Waals surface area contributed by atoms with Gasteiger partial charge in [-0.2, -0.15) is 13.2 Å². The van der Waals surface area contributed by atoms with E-state index in [9.17, 15) is 22.8 Å². The lowest BCUT2D eigenvalue weighted by atomic mass is 9.93. The number of nitrogens with zero attached hydrogens (tertiary/aromatic N) is 3. The summed E-state index contributed by atoms with van der Waals surface area (Å²) in [5, 5.41) is 14.7. The Morgan fingerprint density at radius 1 is 1.10 bits per heavy atom. The van der Waals surface area contributed by atoms with E-state index in [-0.39, 0.29) is 40.3 Å². The Morgan fingerprint density at radius 2 is 1.80 bits per heavy atom. The number of halogens is 3. The van der Waals surface area contributed by atoms with Crippen LogP contribution < -0.4 is 16.4 Å². The molecule has 1 spiro atoms. The average molecular weight is 552 g/mol. The third kappa shape index (κ3) is 5.47. The highest BCUT2D eigenvalue weighted by molar-refractivity contribution is 6.17. The fraction of sp³-hybridized carbons (Fsp3) is 0.321. The van der Waals surface area contributed by atoms with Crippen LogP contribution in [0.5, 0.6) is 0 Å². The predicted octanol–water partition coefficient (Wildman–Crippen LogP) is 4.56. The lowest BCUT2D eigenvalue weighted by molar-refractivity contribution is -0.137. The zero-order valence-electron chi connectivity index (χ0n) is 21.7. The number of amides is 2. The van der Waals surface area contributed by atoms with Crippen molar-refractivity contribution in [3.63, 3.8) is 0 Å². The Labute approximate surface area is 228 Å². The summed E-state index contributed by atoms with van der Waals surface area (Å²) in [6.07, 6.45) is 0.864. The van der Waals surface area contributed by atoms with Crippen LogP contribution in [0.2, 0.25) is 0 Å². The van der Waals surface area contributed by atoms with Gasteiger partial charge in [0.05, 0.1) is 16.8 Å². The lowest BCUT2D eigenvalue weighted by Crippen LogP contribution is -2.41. The standard InChI is InChI=1S/C28H28F3N7O2/c1-16(39)38-12-2-9-27(15-38)14-21(27)36-20-8-11-35-25(33)23(20)24(32)17-3-5-18(6-4-17)26(40)37-22-13-19(7-10-34-22)28(29,30)31/h3-8,10-11,13,21,32H,2,9,12,14-15H2,1H3,(H3,33,35,36)(H,34,37,40)/t21-,27?/m0/s1. The van der Waals surface area contributed by atoms with Gasteiger partial charge in [0.15, 0.2) is 0 Å². The van der Waals surface area contributed by atoms with Crippen LogP contribution in [0.1, 0.15) is 53.2 Å². The molecule has 1 saturated carbocycles. The maximum Gasteiger partial charge on any atom is 0.416 e. The van der Waals surface area contributed by atoms with Crippen molar-refractivity contribution in [3.8, 4) is 0 Å². The SMILES string of the molecule is CC(=O)N1CCCC2(C[C@@H]2Nc2ccnc(N)c2C(=N)c2ccc(C(=O)Nc3cc(C(F)(F)F)ccn3)cc2)C1. The van der Waals surface area contributed by atoms with E-state index < -0.39 is 17.6 Å². The van der Waals surface area contributed by atoms with Crippen molar-refractivity contribution < 1.29 is 22.8 Å². The van der Waals surface area contributed by atoms with E-state index in [0.29, 0.717) is 23.4 Å². The van der Waals surface area contributed by atoms with Crippen LogP contribution in [0.15, 0.2) is 54.9 Å². The van der Waals surface area contributed by atoms with E-state index in [1.54, 1.807) is 31.3 Å². The number of hydrogen-bond acceptors (Lipinski definition) is 7. The molecule has 2 atom stereocenters. The van der Waals surface area contributed by atoms with Crippen molar-refractivity contribution in [1.29, 1.82) is 5.41 Å². The van der Waals surface area contributed by atoms with Gasteiger partial charge in [0.25, 0.3) is 5.91 Å². The number of likely N-dealkylation sites (tertiary alicyclic amines) is 1. The fourth-order valence-corrected chi connectivity index (χ4v) is 5.28. The van der Waals surface area contributed by atoms with E-state index in [1.807, 2.05) is 4.90 Å². The highest BCUT2D eigenvalue weighted by Gasteiger charge is 2.56. The molecule has 2 fully saturated rings. The van der Waals surface area contributed by atoms with Gasteiger partial charge in [0.2, 0.25) is 5.91 Å². The zero-order chi connectivity index (χ0) is 28.7. The van der Waals surface area contributed by atoms with Crippen molar-refractivity contribution in [1.82, 2.24) is 14.9 Å². The molecule has 0 radical (unpaired) electrons. The largest absolute Gasteiger partial charge is 0.416 e. The molecule has 1 aliphatic heterocycles. The number of nitrogens with one attached hydrogen (secondary N) is 3. The van der Waals surface area contributed by atoms with Gasteiger partial charge in [-0.25, -0.2) is 9.97 Å². The molecule has 2 amide bonds. The van der Waals surface area contributed by atoms with E-state index in [4.69, 9.17) is 11.1 Å². The van der Waals surface area contributed by atoms with Crippen LogP contribution in [-0.2, 0) is 11.0 Å². The van der Waals surface area contributed by atoms with Gasteiger partial charge in [-0.15, -0.1) is 0 Å². The van der Waals surface area contributed by atoms with Crippen molar-refractivity contribution >= 4 is 34.8 Å². The number of alkyl halides is 3. The molecule has 1 aromatic carbocycles. The molecule has 12 heteroatoms. The van der Waals surface area contributed by atoms with E-state index in [1.165, 1.54) is 12.1 Å². The van der Waals surface area contributed by atoms with Crippen LogP contribution in [0.4, 0.5) is 30.5 Å². The molecule has 5 rings (SSSR count). The lowest BCUT2D eigenvalue weighted by Gasteiger charge is -2.33. The number of carbonyl (C=O) groups is 2. The van der Waals surface area contributed by atoms with Gasteiger partial charge in [-0.3, -0.25) is 15.0 Å². The molecular formula is C28H28F3N7O2. The second-order valence-corrected chi connectivity index (χ2v) is 10.3. The van der Waals surface area contributed by atoms with Crippen molar-refractivity contribution in [2.75, 3.05) is 29.5 Å². The Morgan fingerprint density at radius 3 is 2.50 bits per heavy atom. The van der Waals surface area contributed by atoms with E-state index in [0.717, 1.165) is 44.1 Å². The van der Waals surface area contributed by atoms with Gasteiger partial charge in [-0.1, -0.05) is 12.1 Å². The second kappa shape index (κ2) is 10.2. The molecule has 0 bridgehead atoms. The first-order valence-corrected chi connectivity index (χ1v) is 12.8. The highest BCUT2D eigenvalue weighted by atomic mass is 19.4. The maximum atomic E-state index is 13.0. The number of rotatable bonds is 6. The smallest absolute Gasteiger partial charge is 0.383 e. The summed E-state index contributed by atoms with van der Waals surface area (Å²) in [5.41, 5.74) is 7.13. The minimum atomic E-state index is -4.56. The molecule has 40 heavy (non-hydrogen) atoms. The first-order chi connectivity index (χ1) is 19.0. The highest BCUT2D eigenvalue weighted by Crippen LogP contribution is 2.54. The topological polar surface area (TPSA) is 137 Å².